The van der Waals surface area contributed by atoms with Crippen molar-refractivity contribution < 1.29 is 9.47 Å². The van der Waals surface area contributed by atoms with Gasteiger partial charge in [-0.05, 0) is 26.6 Å². The molecule has 1 N–H and O–H groups in total. The van der Waals surface area contributed by atoms with E-state index in [2.05, 4.69) is 23.3 Å². The Labute approximate surface area is 109 Å². The van der Waals surface area contributed by atoms with Crippen molar-refractivity contribution in [2.75, 3.05) is 34.9 Å². The summed E-state index contributed by atoms with van der Waals surface area (Å²) in [6, 6.07) is 2.09. The van der Waals surface area contributed by atoms with Crippen molar-refractivity contribution >= 4 is 0 Å². The first-order chi connectivity index (χ1) is 8.71. The smallest absolute Gasteiger partial charge is 0.127 e. The molecule has 0 spiro atoms. The van der Waals surface area contributed by atoms with E-state index >= 15 is 0 Å². The highest BCUT2D eigenvalue weighted by atomic mass is 16.5. The van der Waals surface area contributed by atoms with Crippen LogP contribution in [0, 0.1) is 0 Å². The van der Waals surface area contributed by atoms with Crippen molar-refractivity contribution in [3.8, 4) is 11.5 Å². The van der Waals surface area contributed by atoms with Gasteiger partial charge in [-0.2, -0.15) is 0 Å². The summed E-state index contributed by atoms with van der Waals surface area (Å²) in [6.07, 6.45) is 1.02. The van der Waals surface area contributed by atoms with E-state index in [-0.39, 0.29) is 0 Å². The monoisotopic (exact) mass is 250 g/mol. The molecule has 1 heterocycles. The minimum atomic E-state index is 0.794. The lowest BCUT2D eigenvalue weighted by atomic mass is 9.94. The van der Waals surface area contributed by atoms with Crippen molar-refractivity contribution in [1.29, 1.82) is 0 Å². The van der Waals surface area contributed by atoms with E-state index < -0.39 is 0 Å². The molecule has 0 atom stereocenters. The maximum atomic E-state index is 5.62. The molecule has 4 nitrogen and oxygen atoms in total. The van der Waals surface area contributed by atoms with Gasteiger partial charge in [0.2, 0.25) is 0 Å². The van der Waals surface area contributed by atoms with Gasteiger partial charge in [-0.1, -0.05) is 0 Å². The standard InChI is InChI=1S/C14H22N2O2/c1-15-8-10-7-13(17-3)12-9-16(2)6-5-11(12)14(10)18-4/h7,15H,5-6,8-9H2,1-4H3. The number of benzene rings is 1. The zero-order valence-electron chi connectivity index (χ0n) is 11.7. The van der Waals surface area contributed by atoms with Crippen LogP contribution in [0.4, 0.5) is 0 Å². The maximum Gasteiger partial charge on any atom is 0.127 e. The lowest BCUT2D eigenvalue weighted by molar-refractivity contribution is 0.294. The van der Waals surface area contributed by atoms with Crippen molar-refractivity contribution in [2.45, 2.75) is 19.5 Å². The predicted octanol–water partition coefficient (Wildman–Crippen LogP) is 1.41. The van der Waals surface area contributed by atoms with E-state index in [1.165, 1.54) is 16.7 Å². The molecule has 0 amide bonds. The average molecular weight is 250 g/mol. The molecule has 0 fully saturated rings. The summed E-state index contributed by atoms with van der Waals surface area (Å²) in [5.74, 6) is 2.00. The summed E-state index contributed by atoms with van der Waals surface area (Å²) < 4.78 is 11.2. The third kappa shape index (κ3) is 2.31. The summed E-state index contributed by atoms with van der Waals surface area (Å²) in [6.45, 7) is 2.78. The van der Waals surface area contributed by atoms with Crippen LogP contribution in [-0.4, -0.2) is 39.8 Å². The molecule has 0 aliphatic carbocycles. The van der Waals surface area contributed by atoms with Crippen molar-refractivity contribution in [2.24, 2.45) is 0 Å². The minimum absolute atomic E-state index is 0.794. The molecular formula is C14H22N2O2. The van der Waals surface area contributed by atoms with Gasteiger partial charge >= 0.3 is 0 Å². The number of rotatable bonds is 4. The SMILES string of the molecule is CNCc1cc(OC)c2c(c1OC)CCN(C)C2. The highest BCUT2D eigenvalue weighted by Gasteiger charge is 2.23. The molecule has 18 heavy (non-hydrogen) atoms. The summed E-state index contributed by atoms with van der Waals surface area (Å²) in [4.78, 5) is 2.31. The Balaban J connectivity index is 2.54. The summed E-state index contributed by atoms with van der Waals surface area (Å²) >= 11 is 0. The van der Waals surface area contributed by atoms with Gasteiger partial charge in [0.05, 0.1) is 14.2 Å². The van der Waals surface area contributed by atoms with Crippen LogP contribution in [-0.2, 0) is 19.5 Å². The molecular weight excluding hydrogens is 228 g/mol. The highest BCUT2D eigenvalue weighted by molar-refractivity contribution is 5.54. The maximum absolute atomic E-state index is 5.62. The molecule has 1 aromatic carbocycles. The third-order valence-electron chi connectivity index (χ3n) is 3.50. The fraction of sp³-hybridized carbons (Fsp3) is 0.571. The Morgan fingerprint density at radius 2 is 2.06 bits per heavy atom. The molecule has 4 heteroatoms. The second-order valence-electron chi connectivity index (χ2n) is 4.75. The number of likely N-dealkylation sites (N-methyl/N-ethyl adjacent to an activating group) is 1. The van der Waals surface area contributed by atoms with Gasteiger partial charge in [0.25, 0.3) is 0 Å². The first-order valence-electron chi connectivity index (χ1n) is 6.30. The summed E-state index contributed by atoms with van der Waals surface area (Å²) in [7, 11) is 7.56. The molecule has 0 saturated heterocycles. The summed E-state index contributed by atoms with van der Waals surface area (Å²) in [5, 5.41) is 3.18. The number of methoxy groups -OCH3 is 2. The van der Waals surface area contributed by atoms with E-state index in [1.54, 1.807) is 14.2 Å². The third-order valence-corrected chi connectivity index (χ3v) is 3.50. The second kappa shape index (κ2) is 5.59. The summed E-state index contributed by atoms with van der Waals surface area (Å²) in [5.41, 5.74) is 3.74. The number of nitrogens with one attached hydrogen (secondary N) is 1. The fourth-order valence-electron chi connectivity index (χ4n) is 2.64. The van der Waals surface area contributed by atoms with Gasteiger partial charge in [0.1, 0.15) is 11.5 Å². The van der Waals surface area contributed by atoms with Gasteiger partial charge in [0.15, 0.2) is 0 Å². The minimum Gasteiger partial charge on any atom is -0.496 e. The molecule has 0 radical (unpaired) electrons. The van der Waals surface area contributed by atoms with Gasteiger partial charge in [-0.15, -0.1) is 0 Å². The molecule has 0 saturated carbocycles. The zero-order valence-corrected chi connectivity index (χ0v) is 11.7. The first-order valence-corrected chi connectivity index (χ1v) is 6.30. The Bertz CT molecular complexity index is 432. The van der Waals surface area contributed by atoms with E-state index in [0.717, 1.165) is 37.6 Å². The Morgan fingerprint density at radius 3 is 2.67 bits per heavy atom. The lowest BCUT2D eigenvalue weighted by Crippen LogP contribution is -2.28. The normalized spacial score (nSPS) is 15.3. The van der Waals surface area contributed by atoms with Crippen LogP contribution in [0.2, 0.25) is 0 Å². The largest absolute Gasteiger partial charge is 0.496 e. The van der Waals surface area contributed by atoms with E-state index in [1.807, 2.05) is 7.05 Å². The number of fused-ring (bicyclic) bond motifs is 1. The van der Waals surface area contributed by atoms with E-state index in [9.17, 15) is 0 Å². The van der Waals surface area contributed by atoms with Crippen molar-refractivity contribution in [3.63, 3.8) is 0 Å². The van der Waals surface area contributed by atoms with Gasteiger partial charge < -0.3 is 19.7 Å². The van der Waals surface area contributed by atoms with E-state index in [4.69, 9.17) is 9.47 Å². The molecule has 0 unspecified atom stereocenters. The first kappa shape index (κ1) is 13.2. The van der Waals surface area contributed by atoms with Gasteiger partial charge in [0, 0.05) is 36.3 Å². The molecule has 1 aromatic rings. The topological polar surface area (TPSA) is 33.7 Å². The van der Waals surface area contributed by atoms with Crippen molar-refractivity contribution in [1.82, 2.24) is 10.2 Å². The number of nitrogens with zero attached hydrogens (tertiary/aromatic N) is 1. The van der Waals surface area contributed by atoms with Crippen LogP contribution in [0.1, 0.15) is 16.7 Å². The highest BCUT2D eigenvalue weighted by Crippen LogP contribution is 2.37. The Hall–Kier alpha value is -1.26. The van der Waals surface area contributed by atoms with Crippen LogP contribution >= 0.6 is 0 Å². The molecule has 0 aromatic heterocycles. The Kier molecular flexibility index (Phi) is 4.09. The fourth-order valence-corrected chi connectivity index (χ4v) is 2.64. The molecule has 0 bridgehead atoms. The van der Waals surface area contributed by atoms with Gasteiger partial charge in [-0.25, -0.2) is 0 Å². The van der Waals surface area contributed by atoms with Crippen LogP contribution in [0.3, 0.4) is 0 Å². The molecule has 100 valence electrons. The average Bonchev–Trinajstić information content (AvgIpc) is 2.38. The quantitative estimate of drug-likeness (QED) is 0.876. The van der Waals surface area contributed by atoms with Crippen LogP contribution < -0.4 is 14.8 Å². The van der Waals surface area contributed by atoms with E-state index in [0.29, 0.717) is 0 Å². The zero-order chi connectivity index (χ0) is 13.1. The predicted molar refractivity (Wildman–Crippen MR) is 72.3 cm³/mol. The van der Waals surface area contributed by atoms with Crippen molar-refractivity contribution in [3.05, 3.63) is 22.8 Å². The number of hydrogen-bond donors (Lipinski definition) is 1. The lowest BCUT2D eigenvalue weighted by Gasteiger charge is -2.29. The van der Waals surface area contributed by atoms with Gasteiger partial charge in [-0.3, -0.25) is 0 Å². The van der Waals surface area contributed by atoms with Crippen LogP contribution in [0.25, 0.3) is 0 Å². The second-order valence-corrected chi connectivity index (χ2v) is 4.75. The number of hydrogen-bond acceptors (Lipinski definition) is 4. The molecule has 1 aliphatic rings. The number of ether oxygens (including phenoxy) is 2. The van der Waals surface area contributed by atoms with Crippen LogP contribution in [0.5, 0.6) is 11.5 Å². The molecule has 2 rings (SSSR count). The van der Waals surface area contributed by atoms with Crippen LogP contribution in [0.15, 0.2) is 6.07 Å². The molecule has 1 aliphatic heterocycles. The Morgan fingerprint density at radius 1 is 1.28 bits per heavy atom.